The summed E-state index contributed by atoms with van der Waals surface area (Å²) in [7, 11) is 1.85. The molecule has 1 amide bonds. The van der Waals surface area contributed by atoms with Crippen LogP contribution < -0.4 is 10.6 Å². The number of rotatable bonds is 3. The summed E-state index contributed by atoms with van der Waals surface area (Å²) in [5, 5.41) is 6.30. The summed E-state index contributed by atoms with van der Waals surface area (Å²) in [5.74, 6) is 0.0352. The zero-order valence-corrected chi connectivity index (χ0v) is 12.3. The Labute approximate surface area is 115 Å². The number of aryl methyl sites for hydroxylation is 1. The van der Waals surface area contributed by atoms with Gasteiger partial charge in [-0.05, 0) is 37.3 Å². The van der Waals surface area contributed by atoms with Crippen LogP contribution in [0, 0.1) is 12.3 Å². The summed E-state index contributed by atoms with van der Waals surface area (Å²) >= 11 is 0. The van der Waals surface area contributed by atoms with E-state index in [0.29, 0.717) is 0 Å². The minimum Gasteiger partial charge on any atom is -0.387 e. The lowest BCUT2D eigenvalue weighted by Gasteiger charge is -2.28. The predicted molar refractivity (Wildman–Crippen MR) is 79.6 cm³/mol. The lowest BCUT2D eigenvalue weighted by atomic mass is 9.87. The Hall–Kier alpha value is -1.51. The summed E-state index contributed by atoms with van der Waals surface area (Å²) < 4.78 is 0. The second-order valence-electron chi connectivity index (χ2n) is 6.21. The molecular formula is C16H24N2O. The van der Waals surface area contributed by atoms with Gasteiger partial charge in [0.25, 0.3) is 5.91 Å². The molecule has 104 valence electrons. The SMILES string of the molecule is CNc1ccc(C)cc1C(=O)NC1CCCC1(C)C. The van der Waals surface area contributed by atoms with Gasteiger partial charge in [-0.15, -0.1) is 0 Å². The van der Waals surface area contributed by atoms with E-state index in [0.717, 1.165) is 23.2 Å². The van der Waals surface area contributed by atoms with Gasteiger partial charge in [0.1, 0.15) is 0 Å². The fourth-order valence-corrected chi connectivity index (χ4v) is 2.89. The lowest BCUT2D eigenvalue weighted by Crippen LogP contribution is -2.41. The molecule has 0 spiro atoms. The fourth-order valence-electron chi connectivity index (χ4n) is 2.89. The average Bonchev–Trinajstić information content (AvgIpc) is 2.68. The normalized spacial score (nSPS) is 21.2. The molecule has 3 heteroatoms. The number of carbonyl (C=O) groups is 1. The summed E-state index contributed by atoms with van der Waals surface area (Å²) in [6, 6.07) is 6.21. The summed E-state index contributed by atoms with van der Waals surface area (Å²) in [6.45, 7) is 6.48. The average molecular weight is 260 g/mol. The molecule has 1 saturated carbocycles. The van der Waals surface area contributed by atoms with Crippen LogP contribution >= 0.6 is 0 Å². The topological polar surface area (TPSA) is 41.1 Å². The van der Waals surface area contributed by atoms with E-state index in [1.807, 2.05) is 32.2 Å². The maximum absolute atomic E-state index is 12.5. The van der Waals surface area contributed by atoms with Gasteiger partial charge in [0, 0.05) is 18.8 Å². The molecule has 1 atom stereocenters. The highest BCUT2D eigenvalue weighted by atomic mass is 16.1. The maximum atomic E-state index is 12.5. The number of carbonyl (C=O) groups excluding carboxylic acids is 1. The molecule has 3 nitrogen and oxygen atoms in total. The molecule has 0 aromatic heterocycles. The zero-order valence-electron chi connectivity index (χ0n) is 12.3. The van der Waals surface area contributed by atoms with Crippen molar-refractivity contribution in [2.24, 2.45) is 5.41 Å². The Kier molecular flexibility index (Phi) is 3.83. The molecule has 0 saturated heterocycles. The summed E-state index contributed by atoms with van der Waals surface area (Å²) in [6.07, 6.45) is 3.47. The first-order valence-electron chi connectivity index (χ1n) is 7.03. The molecule has 1 unspecified atom stereocenters. The Bertz CT molecular complexity index is 480. The van der Waals surface area contributed by atoms with Gasteiger partial charge in [0.05, 0.1) is 5.56 Å². The van der Waals surface area contributed by atoms with Crippen molar-refractivity contribution in [3.8, 4) is 0 Å². The number of hydrogen-bond acceptors (Lipinski definition) is 2. The zero-order chi connectivity index (χ0) is 14.0. The van der Waals surface area contributed by atoms with Gasteiger partial charge >= 0.3 is 0 Å². The second-order valence-corrected chi connectivity index (χ2v) is 6.21. The molecule has 1 aromatic rings. The molecule has 19 heavy (non-hydrogen) atoms. The van der Waals surface area contributed by atoms with Gasteiger partial charge in [0.15, 0.2) is 0 Å². The Balaban J connectivity index is 2.18. The lowest BCUT2D eigenvalue weighted by molar-refractivity contribution is 0.0911. The summed E-state index contributed by atoms with van der Waals surface area (Å²) in [4.78, 5) is 12.5. The molecule has 1 fully saturated rings. The Morgan fingerprint density at radius 2 is 2.11 bits per heavy atom. The van der Waals surface area contributed by atoms with Crippen molar-refractivity contribution in [3.05, 3.63) is 29.3 Å². The highest BCUT2D eigenvalue weighted by Crippen LogP contribution is 2.37. The monoisotopic (exact) mass is 260 g/mol. The van der Waals surface area contributed by atoms with Crippen molar-refractivity contribution in [1.29, 1.82) is 0 Å². The van der Waals surface area contributed by atoms with Gasteiger partial charge in [-0.2, -0.15) is 0 Å². The third-order valence-electron chi connectivity index (χ3n) is 4.25. The highest BCUT2D eigenvalue weighted by molar-refractivity contribution is 6.00. The first kappa shape index (κ1) is 13.9. The fraction of sp³-hybridized carbons (Fsp3) is 0.562. The Morgan fingerprint density at radius 3 is 2.68 bits per heavy atom. The minimum absolute atomic E-state index is 0.0352. The molecule has 0 radical (unpaired) electrons. The largest absolute Gasteiger partial charge is 0.387 e. The molecule has 0 heterocycles. The van der Waals surface area contributed by atoms with Crippen LogP contribution in [-0.2, 0) is 0 Å². The number of benzene rings is 1. The van der Waals surface area contributed by atoms with E-state index in [1.54, 1.807) is 0 Å². The van der Waals surface area contributed by atoms with E-state index in [-0.39, 0.29) is 17.4 Å². The molecule has 0 bridgehead atoms. The van der Waals surface area contributed by atoms with Crippen molar-refractivity contribution in [1.82, 2.24) is 5.32 Å². The van der Waals surface area contributed by atoms with Crippen LogP contribution in [0.3, 0.4) is 0 Å². The predicted octanol–water partition coefficient (Wildman–Crippen LogP) is 3.35. The van der Waals surface area contributed by atoms with Gasteiger partial charge in [-0.1, -0.05) is 31.9 Å². The number of amides is 1. The third kappa shape index (κ3) is 2.91. The van der Waals surface area contributed by atoms with Crippen LogP contribution in [0.5, 0.6) is 0 Å². The molecular weight excluding hydrogens is 236 g/mol. The second kappa shape index (κ2) is 5.24. The minimum atomic E-state index is 0.0352. The van der Waals surface area contributed by atoms with Crippen LogP contribution in [0.15, 0.2) is 18.2 Å². The summed E-state index contributed by atoms with van der Waals surface area (Å²) in [5.41, 5.74) is 2.94. The smallest absolute Gasteiger partial charge is 0.253 e. The van der Waals surface area contributed by atoms with Gasteiger partial charge in [-0.3, -0.25) is 4.79 Å². The van der Waals surface area contributed by atoms with E-state index < -0.39 is 0 Å². The van der Waals surface area contributed by atoms with Crippen molar-refractivity contribution in [2.75, 3.05) is 12.4 Å². The van der Waals surface area contributed by atoms with E-state index in [1.165, 1.54) is 12.8 Å². The third-order valence-corrected chi connectivity index (χ3v) is 4.25. The van der Waals surface area contributed by atoms with Crippen molar-refractivity contribution >= 4 is 11.6 Å². The quantitative estimate of drug-likeness (QED) is 0.875. The molecule has 1 aliphatic rings. The molecule has 2 rings (SSSR count). The van der Waals surface area contributed by atoms with Crippen LogP contribution in [0.4, 0.5) is 5.69 Å². The highest BCUT2D eigenvalue weighted by Gasteiger charge is 2.35. The van der Waals surface area contributed by atoms with Gasteiger partial charge in [0.2, 0.25) is 0 Å². The maximum Gasteiger partial charge on any atom is 0.253 e. The first-order chi connectivity index (χ1) is 8.94. The van der Waals surface area contributed by atoms with Crippen LogP contribution in [0.1, 0.15) is 49.0 Å². The van der Waals surface area contributed by atoms with Crippen molar-refractivity contribution in [3.63, 3.8) is 0 Å². The Morgan fingerprint density at radius 1 is 1.37 bits per heavy atom. The number of hydrogen-bond donors (Lipinski definition) is 2. The van der Waals surface area contributed by atoms with Crippen LogP contribution in [-0.4, -0.2) is 19.0 Å². The number of anilines is 1. The molecule has 0 aliphatic heterocycles. The van der Waals surface area contributed by atoms with Gasteiger partial charge < -0.3 is 10.6 Å². The van der Waals surface area contributed by atoms with Crippen molar-refractivity contribution < 1.29 is 4.79 Å². The number of nitrogens with one attached hydrogen (secondary N) is 2. The van der Waals surface area contributed by atoms with E-state index in [9.17, 15) is 4.79 Å². The first-order valence-corrected chi connectivity index (χ1v) is 7.03. The van der Waals surface area contributed by atoms with E-state index in [2.05, 4.69) is 24.5 Å². The standard InChI is InChI=1S/C16H24N2O/c1-11-7-8-13(17-4)12(10-11)15(19)18-14-6-5-9-16(14,2)3/h7-8,10,14,17H,5-6,9H2,1-4H3,(H,18,19). The van der Waals surface area contributed by atoms with E-state index >= 15 is 0 Å². The molecule has 2 N–H and O–H groups in total. The van der Waals surface area contributed by atoms with E-state index in [4.69, 9.17) is 0 Å². The van der Waals surface area contributed by atoms with Crippen LogP contribution in [0.2, 0.25) is 0 Å². The molecule has 1 aromatic carbocycles. The van der Waals surface area contributed by atoms with Crippen molar-refractivity contribution in [2.45, 2.75) is 46.1 Å². The molecule has 1 aliphatic carbocycles. The van der Waals surface area contributed by atoms with Gasteiger partial charge in [-0.25, -0.2) is 0 Å². The van der Waals surface area contributed by atoms with Crippen LogP contribution in [0.25, 0.3) is 0 Å².